The summed E-state index contributed by atoms with van der Waals surface area (Å²) in [6.45, 7) is 8.52. The average molecular weight is 215 g/mol. The molecule has 1 heteroatoms. The molecule has 86 valence electrons. The zero-order valence-corrected chi connectivity index (χ0v) is 10.2. The lowest BCUT2D eigenvalue weighted by atomic mass is 9.91. The fourth-order valence-corrected chi connectivity index (χ4v) is 2.69. The molecule has 0 saturated carbocycles. The summed E-state index contributed by atoms with van der Waals surface area (Å²) in [5.74, 6) is 1.27. The summed E-state index contributed by atoms with van der Waals surface area (Å²) in [5, 5.41) is 3.74. The SMILES string of the molecule is C=CC1CC(c2ccccc2)NC1C(C)C. The number of hydrogen-bond donors (Lipinski definition) is 1. The first-order chi connectivity index (χ1) is 7.72. The number of nitrogens with one attached hydrogen (secondary N) is 1. The van der Waals surface area contributed by atoms with Crippen LogP contribution in [0.25, 0.3) is 0 Å². The van der Waals surface area contributed by atoms with Gasteiger partial charge in [-0.15, -0.1) is 6.58 Å². The van der Waals surface area contributed by atoms with Crippen molar-refractivity contribution in [2.75, 3.05) is 0 Å². The van der Waals surface area contributed by atoms with Gasteiger partial charge in [0.05, 0.1) is 0 Å². The predicted octanol–water partition coefficient (Wildman–Crippen LogP) is 3.55. The van der Waals surface area contributed by atoms with Crippen LogP contribution in [0.15, 0.2) is 43.0 Å². The molecule has 1 aliphatic rings. The highest BCUT2D eigenvalue weighted by molar-refractivity contribution is 5.21. The standard InChI is InChI=1S/C15H21N/c1-4-12-10-14(16-15(12)11(2)3)13-8-6-5-7-9-13/h4-9,11-12,14-16H,1,10H2,2-3H3. The zero-order chi connectivity index (χ0) is 11.5. The number of hydrogen-bond acceptors (Lipinski definition) is 1. The maximum atomic E-state index is 3.96. The Hall–Kier alpha value is -1.08. The van der Waals surface area contributed by atoms with Gasteiger partial charge in [0.2, 0.25) is 0 Å². The zero-order valence-electron chi connectivity index (χ0n) is 10.2. The molecule has 16 heavy (non-hydrogen) atoms. The van der Waals surface area contributed by atoms with Crippen LogP contribution in [0.5, 0.6) is 0 Å². The van der Waals surface area contributed by atoms with E-state index in [4.69, 9.17) is 0 Å². The second-order valence-electron chi connectivity index (χ2n) is 5.03. The maximum absolute atomic E-state index is 3.96. The van der Waals surface area contributed by atoms with Gasteiger partial charge in [-0.05, 0) is 23.8 Å². The van der Waals surface area contributed by atoms with Gasteiger partial charge in [0.1, 0.15) is 0 Å². The molecule has 0 bridgehead atoms. The van der Waals surface area contributed by atoms with Crippen LogP contribution in [0.1, 0.15) is 31.9 Å². The Kier molecular flexibility index (Phi) is 3.45. The van der Waals surface area contributed by atoms with E-state index in [2.05, 4.69) is 62.2 Å². The molecule has 3 atom stereocenters. The minimum atomic E-state index is 0.497. The van der Waals surface area contributed by atoms with Crippen molar-refractivity contribution < 1.29 is 0 Å². The van der Waals surface area contributed by atoms with Crippen molar-refractivity contribution in [2.45, 2.75) is 32.4 Å². The molecule has 1 N–H and O–H groups in total. The van der Waals surface area contributed by atoms with E-state index in [-0.39, 0.29) is 0 Å². The van der Waals surface area contributed by atoms with Gasteiger partial charge in [0.15, 0.2) is 0 Å². The summed E-state index contributed by atoms with van der Waals surface area (Å²) in [4.78, 5) is 0. The van der Waals surface area contributed by atoms with E-state index in [1.54, 1.807) is 0 Å². The first-order valence-corrected chi connectivity index (χ1v) is 6.16. The molecule has 2 rings (SSSR count). The summed E-state index contributed by atoms with van der Waals surface area (Å²) < 4.78 is 0. The number of benzene rings is 1. The normalized spacial score (nSPS) is 29.6. The van der Waals surface area contributed by atoms with Crippen LogP contribution in [-0.2, 0) is 0 Å². The van der Waals surface area contributed by atoms with E-state index in [1.165, 1.54) is 12.0 Å². The highest BCUT2D eigenvalue weighted by atomic mass is 15.0. The second kappa shape index (κ2) is 4.84. The van der Waals surface area contributed by atoms with E-state index in [1.807, 2.05) is 0 Å². The van der Waals surface area contributed by atoms with Crippen LogP contribution in [0, 0.1) is 11.8 Å². The molecule has 0 spiro atoms. The van der Waals surface area contributed by atoms with Crippen molar-refractivity contribution in [1.82, 2.24) is 5.32 Å². The van der Waals surface area contributed by atoms with Gasteiger partial charge < -0.3 is 5.32 Å². The Bertz CT molecular complexity index is 342. The fraction of sp³-hybridized carbons (Fsp3) is 0.467. The third-order valence-corrected chi connectivity index (χ3v) is 3.59. The second-order valence-corrected chi connectivity index (χ2v) is 5.03. The fourth-order valence-electron chi connectivity index (χ4n) is 2.69. The largest absolute Gasteiger partial charge is 0.306 e. The predicted molar refractivity (Wildman–Crippen MR) is 69.2 cm³/mol. The van der Waals surface area contributed by atoms with Gasteiger partial charge in [-0.3, -0.25) is 0 Å². The molecular formula is C15H21N. The van der Waals surface area contributed by atoms with Crippen molar-refractivity contribution >= 4 is 0 Å². The van der Waals surface area contributed by atoms with Crippen molar-refractivity contribution in [1.29, 1.82) is 0 Å². The summed E-state index contributed by atoms with van der Waals surface area (Å²) >= 11 is 0. The van der Waals surface area contributed by atoms with Crippen molar-refractivity contribution in [3.05, 3.63) is 48.6 Å². The van der Waals surface area contributed by atoms with E-state index >= 15 is 0 Å². The molecule has 1 fully saturated rings. The van der Waals surface area contributed by atoms with Gasteiger partial charge in [-0.25, -0.2) is 0 Å². The van der Waals surface area contributed by atoms with E-state index < -0.39 is 0 Å². The molecule has 3 unspecified atom stereocenters. The molecule has 1 heterocycles. The highest BCUT2D eigenvalue weighted by Gasteiger charge is 2.33. The van der Waals surface area contributed by atoms with Crippen LogP contribution in [0.3, 0.4) is 0 Å². The summed E-state index contributed by atoms with van der Waals surface area (Å²) in [6, 6.07) is 11.8. The van der Waals surface area contributed by atoms with Crippen molar-refractivity contribution in [2.24, 2.45) is 11.8 Å². The molecule has 0 radical (unpaired) electrons. The Balaban J connectivity index is 2.14. The smallest absolute Gasteiger partial charge is 0.0329 e. The van der Waals surface area contributed by atoms with Crippen LogP contribution in [-0.4, -0.2) is 6.04 Å². The molecule has 1 nitrogen and oxygen atoms in total. The molecule has 1 aliphatic heterocycles. The number of rotatable bonds is 3. The van der Waals surface area contributed by atoms with Gasteiger partial charge in [0.25, 0.3) is 0 Å². The summed E-state index contributed by atoms with van der Waals surface area (Å²) in [7, 11) is 0. The topological polar surface area (TPSA) is 12.0 Å². The quantitative estimate of drug-likeness (QED) is 0.760. The van der Waals surface area contributed by atoms with Gasteiger partial charge in [-0.1, -0.05) is 50.3 Å². The maximum Gasteiger partial charge on any atom is 0.0329 e. The molecule has 0 amide bonds. The average Bonchev–Trinajstić information content (AvgIpc) is 2.74. The third kappa shape index (κ3) is 2.19. The lowest BCUT2D eigenvalue weighted by Crippen LogP contribution is -2.32. The first-order valence-electron chi connectivity index (χ1n) is 6.16. The monoisotopic (exact) mass is 215 g/mol. The molecule has 0 aliphatic carbocycles. The molecular weight excluding hydrogens is 194 g/mol. The van der Waals surface area contributed by atoms with Crippen LogP contribution >= 0.6 is 0 Å². The van der Waals surface area contributed by atoms with Crippen LogP contribution < -0.4 is 5.32 Å². The van der Waals surface area contributed by atoms with Crippen molar-refractivity contribution in [3.8, 4) is 0 Å². The molecule has 1 saturated heterocycles. The van der Waals surface area contributed by atoms with E-state index in [9.17, 15) is 0 Å². The Morgan fingerprint density at radius 1 is 1.31 bits per heavy atom. The van der Waals surface area contributed by atoms with Crippen LogP contribution in [0.2, 0.25) is 0 Å². The van der Waals surface area contributed by atoms with Gasteiger partial charge in [0, 0.05) is 12.1 Å². The molecule has 0 aromatic heterocycles. The van der Waals surface area contributed by atoms with Crippen molar-refractivity contribution in [3.63, 3.8) is 0 Å². The third-order valence-electron chi connectivity index (χ3n) is 3.59. The van der Waals surface area contributed by atoms with Gasteiger partial charge in [-0.2, -0.15) is 0 Å². The first kappa shape index (κ1) is 11.4. The van der Waals surface area contributed by atoms with E-state index in [0.29, 0.717) is 23.9 Å². The Morgan fingerprint density at radius 2 is 2.00 bits per heavy atom. The summed E-state index contributed by atoms with van der Waals surface area (Å²) in [6.07, 6.45) is 3.29. The summed E-state index contributed by atoms with van der Waals surface area (Å²) in [5.41, 5.74) is 1.40. The van der Waals surface area contributed by atoms with Crippen LogP contribution in [0.4, 0.5) is 0 Å². The molecule has 1 aromatic carbocycles. The minimum absolute atomic E-state index is 0.497. The lowest BCUT2D eigenvalue weighted by Gasteiger charge is -2.20. The minimum Gasteiger partial charge on any atom is -0.306 e. The Morgan fingerprint density at radius 3 is 2.50 bits per heavy atom. The van der Waals surface area contributed by atoms with E-state index in [0.717, 1.165) is 0 Å². The molecule has 1 aromatic rings. The highest BCUT2D eigenvalue weighted by Crippen LogP contribution is 2.34. The lowest BCUT2D eigenvalue weighted by molar-refractivity contribution is 0.392. The Labute approximate surface area is 98.6 Å². The van der Waals surface area contributed by atoms with Gasteiger partial charge >= 0.3 is 0 Å².